The molecule has 0 saturated carbocycles. The Morgan fingerprint density at radius 1 is 1.21 bits per heavy atom. The Bertz CT molecular complexity index is 855. The van der Waals surface area contributed by atoms with Crippen LogP contribution in [0.2, 0.25) is 0 Å². The van der Waals surface area contributed by atoms with Gasteiger partial charge in [0.25, 0.3) is 5.91 Å². The third-order valence-electron chi connectivity index (χ3n) is 3.72. The number of hydrogen-bond acceptors (Lipinski definition) is 5. The Morgan fingerprint density at radius 3 is 2.92 bits per heavy atom. The number of H-pyrrole nitrogens is 1. The predicted molar refractivity (Wildman–Crippen MR) is 84.9 cm³/mol. The number of ether oxygens (including phenoxy) is 2. The summed E-state index contributed by atoms with van der Waals surface area (Å²) in [6, 6.07) is 9.11. The van der Waals surface area contributed by atoms with Crippen LogP contribution in [-0.2, 0) is 6.54 Å². The first-order valence-electron chi connectivity index (χ1n) is 7.55. The van der Waals surface area contributed by atoms with Crippen molar-refractivity contribution in [2.75, 3.05) is 13.2 Å². The summed E-state index contributed by atoms with van der Waals surface area (Å²) in [6.07, 6.45) is 3.07. The Morgan fingerprint density at radius 2 is 2.08 bits per heavy atom. The Kier molecular flexibility index (Phi) is 3.66. The Hall–Kier alpha value is -3.22. The molecular formula is C17H15N3O4. The minimum absolute atomic E-state index is 0.231. The molecule has 0 bridgehead atoms. The van der Waals surface area contributed by atoms with Gasteiger partial charge in [-0.15, -0.1) is 0 Å². The van der Waals surface area contributed by atoms with Gasteiger partial charge in [-0.25, -0.2) is 0 Å². The van der Waals surface area contributed by atoms with E-state index in [2.05, 4.69) is 15.5 Å². The molecule has 122 valence electrons. The number of hydrogen-bond donors (Lipinski definition) is 2. The monoisotopic (exact) mass is 325 g/mol. The molecule has 1 aromatic carbocycles. The average Bonchev–Trinajstić information content (AvgIpc) is 3.31. The first kappa shape index (κ1) is 14.4. The van der Waals surface area contributed by atoms with Crippen molar-refractivity contribution in [1.82, 2.24) is 15.5 Å². The standard InChI is InChI=1S/C17H15N3O4/c21-17(18-9-12-2-1-5-22-12)13-10-19-20-16(13)11-3-4-14-15(8-11)24-7-6-23-14/h1-5,8,10H,6-7,9H2,(H,18,21)(H,19,20). The first-order valence-corrected chi connectivity index (χ1v) is 7.55. The Labute approximate surface area is 137 Å². The molecule has 0 unspecified atom stereocenters. The van der Waals surface area contributed by atoms with Gasteiger partial charge in [0, 0.05) is 5.56 Å². The van der Waals surface area contributed by atoms with Crippen molar-refractivity contribution in [3.63, 3.8) is 0 Å². The molecule has 4 rings (SSSR count). The number of aromatic amines is 1. The van der Waals surface area contributed by atoms with E-state index in [-0.39, 0.29) is 5.91 Å². The van der Waals surface area contributed by atoms with Crippen LogP contribution in [0.5, 0.6) is 11.5 Å². The number of aromatic nitrogens is 2. The molecule has 0 aliphatic carbocycles. The summed E-state index contributed by atoms with van der Waals surface area (Å²) in [6.45, 7) is 1.37. The number of amides is 1. The third-order valence-corrected chi connectivity index (χ3v) is 3.72. The molecule has 3 aromatic rings. The summed E-state index contributed by atoms with van der Waals surface area (Å²) in [5.74, 6) is 1.82. The van der Waals surface area contributed by atoms with E-state index in [1.54, 1.807) is 18.4 Å². The molecule has 2 N–H and O–H groups in total. The quantitative estimate of drug-likeness (QED) is 0.769. The van der Waals surface area contributed by atoms with Crippen LogP contribution in [0.4, 0.5) is 0 Å². The van der Waals surface area contributed by atoms with Crippen LogP contribution < -0.4 is 14.8 Å². The van der Waals surface area contributed by atoms with E-state index < -0.39 is 0 Å². The fourth-order valence-corrected chi connectivity index (χ4v) is 2.55. The molecule has 3 heterocycles. The summed E-state index contributed by atoms with van der Waals surface area (Å²) in [7, 11) is 0. The van der Waals surface area contributed by atoms with Gasteiger partial charge in [0.05, 0.1) is 30.3 Å². The molecule has 1 amide bonds. The first-order chi connectivity index (χ1) is 11.8. The number of fused-ring (bicyclic) bond motifs is 1. The van der Waals surface area contributed by atoms with Gasteiger partial charge in [-0.2, -0.15) is 5.10 Å². The highest BCUT2D eigenvalue weighted by molar-refractivity contribution is 5.99. The zero-order valence-electron chi connectivity index (χ0n) is 12.7. The zero-order chi connectivity index (χ0) is 16.4. The van der Waals surface area contributed by atoms with E-state index in [1.807, 2.05) is 18.2 Å². The van der Waals surface area contributed by atoms with Gasteiger partial charge < -0.3 is 19.2 Å². The summed E-state index contributed by atoms with van der Waals surface area (Å²) >= 11 is 0. The van der Waals surface area contributed by atoms with Gasteiger partial charge in [-0.1, -0.05) is 0 Å². The Balaban J connectivity index is 1.57. The highest BCUT2D eigenvalue weighted by atomic mass is 16.6. The van der Waals surface area contributed by atoms with Crippen LogP contribution in [0.25, 0.3) is 11.3 Å². The van der Waals surface area contributed by atoms with Crippen molar-refractivity contribution in [2.24, 2.45) is 0 Å². The molecule has 2 aromatic heterocycles. The molecule has 0 radical (unpaired) electrons. The van der Waals surface area contributed by atoms with Crippen LogP contribution in [0, 0.1) is 0 Å². The van der Waals surface area contributed by atoms with Crippen LogP contribution in [0.3, 0.4) is 0 Å². The lowest BCUT2D eigenvalue weighted by molar-refractivity contribution is 0.0948. The van der Waals surface area contributed by atoms with Crippen molar-refractivity contribution < 1.29 is 18.7 Å². The van der Waals surface area contributed by atoms with Crippen molar-refractivity contribution >= 4 is 5.91 Å². The van der Waals surface area contributed by atoms with Gasteiger partial charge in [-0.05, 0) is 30.3 Å². The lowest BCUT2D eigenvalue weighted by Gasteiger charge is -2.18. The predicted octanol–water partition coefficient (Wildman–Crippen LogP) is 2.37. The number of benzene rings is 1. The van der Waals surface area contributed by atoms with Crippen LogP contribution in [0.15, 0.2) is 47.2 Å². The van der Waals surface area contributed by atoms with Crippen molar-refractivity contribution in [2.45, 2.75) is 6.54 Å². The molecule has 0 spiro atoms. The number of carbonyl (C=O) groups excluding carboxylic acids is 1. The number of nitrogens with one attached hydrogen (secondary N) is 2. The second-order valence-corrected chi connectivity index (χ2v) is 5.28. The van der Waals surface area contributed by atoms with E-state index in [9.17, 15) is 4.79 Å². The van der Waals surface area contributed by atoms with E-state index in [0.717, 1.165) is 5.56 Å². The van der Waals surface area contributed by atoms with E-state index in [1.165, 1.54) is 6.20 Å². The molecule has 7 heteroatoms. The second kappa shape index (κ2) is 6.11. The average molecular weight is 325 g/mol. The normalized spacial score (nSPS) is 12.8. The highest BCUT2D eigenvalue weighted by Crippen LogP contribution is 2.34. The molecule has 7 nitrogen and oxygen atoms in total. The number of nitrogens with zero attached hydrogens (tertiary/aromatic N) is 1. The van der Waals surface area contributed by atoms with Crippen molar-refractivity contribution in [3.8, 4) is 22.8 Å². The largest absolute Gasteiger partial charge is 0.486 e. The number of furan rings is 1. The summed E-state index contributed by atoms with van der Waals surface area (Å²) in [5, 5.41) is 9.68. The maximum Gasteiger partial charge on any atom is 0.255 e. The molecular weight excluding hydrogens is 310 g/mol. The maximum atomic E-state index is 12.4. The fourth-order valence-electron chi connectivity index (χ4n) is 2.55. The lowest BCUT2D eigenvalue weighted by Crippen LogP contribution is -2.22. The fraction of sp³-hybridized carbons (Fsp3) is 0.176. The van der Waals surface area contributed by atoms with E-state index in [4.69, 9.17) is 13.9 Å². The number of carbonyl (C=O) groups is 1. The van der Waals surface area contributed by atoms with E-state index >= 15 is 0 Å². The van der Waals surface area contributed by atoms with Gasteiger partial charge in [0.1, 0.15) is 19.0 Å². The van der Waals surface area contributed by atoms with Crippen LogP contribution >= 0.6 is 0 Å². The van der Waals surface area contributed by atoms with Crippen LogP contribution in [0.1, 0.15) is 16.1 Å². The highest BCUT2D eigenvalue weighted by Gasteiger charge is 2.18. The van der Waals surface area contributed by atoms with Gasteiger partial charge in [-0.3, -0.25) is 9.89 Å². The zero-order valence-corrected chi connectivity index (χ0v) is 12.7. The molecule has 1 aliphatic heterocycles. The van der Waals surface area contributed by atoms with E-state index in [0.29, 0.717) is 48.3 Å². The third kappa shape index (κ3) is 2.71. The smallest absolute Gasteiger partial charge is 0.255 e. The summed E-state index contributed by atoms with van der Waals surface area (Å²) in [5.41, 5.74) is 1.89. The molecule has 0 saturated heterocycles. The molecule has 1 aliphatic rings. The van der Waals surface area contributed by atoms with Crippen molar-refractivity contribution in [1.29, 1.82) is 0 Å². The summed E-state index contributed by atoms with van der Waals surface area (Å²) < 4.78 is 16.3. The minimum Gasteiger partial charge on any atom is -0.486 e. The molecule has 24 heavy (non-hydrogen) atoms. The maximum absolute atomic E-state index is 12.4. The topological polar surface area (TPSA) is 89.4 Å². The lowest BCUT2D eigenvalue weighted by atomic mass is 10.1. The van der Waals surface area contributed by atoms with Gasteiger partial charge >= 0.3 is 0 Å². The van der Waals surface area contributed by atoms with Crippen molar-refractivity contribution in [3.05, 3.63) is 54.1 Å². The SMILES string of the molecule is O=C(NCc1ccco1)c1cn[nH]c1-c1ccc2c(c1)OCCO2. The molecule has 0 atom stereocenters. The summed E-state index contributed by atoms with van der Waals surface area (Å²) in [4.78, 5) is 12.4. The molecule has 0 fully saturated rings. The number of rotatable bonds is 4. The van der Waals surface area contributed by atoms with Gasteiger partial charge in [0.2, 0.25) is 0 Å². The van der Waals surface area contributed by atoms with Crippen LogP contribution in [-0.4, -0.2) is 29.3 Å². The minimum atomic E-state index is -0.231. The second-order valence-electron chi connectivity index (χ2n) is 5.28. The van der Waals surface area contributed by atoms with Gasteiger partial charge in [0.15, 0.2) is 11.5 Å².